The Kier molecular flexibility index (Phi) is 3.96. The van der Waals surface area contributed by atoms with E-state index >= 15 is 0 Å². The first-order chi connectivity index (χ1) is 8.42. The number of nitrogens with zero attached hydrogens (tertiary/aromatic N) is 2. The Bertz CT molecular complexity index is 352. The van der Waals surface area contributed by atoms with Crippen LogP contribution in [0, 0.1) is 0 Å². The minimum absolute atomic E-state index is 1.16. The van der Waals surface area contributed by atoms with Crippen molar-refractivity contribution in [3.63, 3.8) is 0 Å². The standard InChI is InChI=1S/C13H18N2S2/c1-4-8-14(9-5-1)10-11-15-16-12-6-2-3-7-13(12)17-15/h2-3,6-7H,1,4-5,8-11H2. The van der Waals surface area contributed by atoms with E-state index < -0.39 is 0 Å². The zero-order chi connectivity index (χ0) is 11.5. The van der Waals surface area contributed by atoms with E-state index in [1.165, 1.54) is 48.7 Å². The van der Waals surface area contributed by atoms with Crippen LogP contribution in [-0.2, 0) is 0 Å². The summed E-state index contributed by atoms with van der Waals surface area (Å²) in [6.45, 7) is 4.98. The lowest BCUT2D eigenvalue weighted by Crippen LogP contribution is -2.34. The Hall–Kier alpha value is -0.160. The molecule has 2 nitrogen and oxygen atoms in total. The molecular weight excluding hydrogens is 248 g/mol. The van der Waals surface area contributed by atoms with Crippen molar-refractivity contribution in [3.05, 3.63) is 24.3 Å². The molecule has 4 heteroatoms. The predicted molar refractivity (Wildman–Crippen MR) is 75.2 cm³/mol. The molecular formula is C13H18N2S2. The van der Waals surface area contributed by atoms with E-state index in [0.29, 0.717) is 0 Å². The highest BCUT2D eigenvalue weighted by molar-refractivity contribution is 8.14. The smallest absolute Gasteiger partial charge is 0.0388 e. The fourth-order valence-corrected chi connectivity index (χ4v) is 4.57. The monoisotopic (exact) mass is 266 g/mol. The summed E-state index contributed by atoms with van der Waals surface area (Å²) in [6, 6.07) is 8.68. The van der Waals surface area contributed by atoms with Crippen LogP contribution in [-0.4, -0.2) is 34.8 Å². The van der Waals surface area contributed by atoms with Crippen LogP contribution in [0.1, 0.15) is 19.3 Å². The maximum absolute atomic E-state index is 2.60. The van der Waals surface area contributed by atoms with Crippen LogP contribution in [0.4, 0.5) is 0 Å². The summed E-state index contributed by atoms with van der Waals surface area (Å²) < 4.78 is 2.42. The largest absolute Gasteiger partial charge is 0.302 e. The van der Waals surface area contributed by atoms with Gasteiger partial charge in [0.25, 0.3) is 0 Å². The minimum Gasteiger partial charge on any atom is -0.302 e. The van der Waals surface area contributed by atoms with Crippen LogP contribution in [0.25, 0.3) is 0 Å². The van der Waals surface area contributed by atoms with Crippen LogP contribution in [0.15, 0.2) is 34.1 Å². The molecule has 0 atom stereocenters. The summed E-state index contributed by atoms with van der Waals surface area (Å²) in [5, 5.41) is 0. The van der Waals surface area contributed by atoms with Crippen molar-refractivity contribution in [3.8, 4) is 0 Å². The van der Waals surface area contributed by atoms with Crippen molar-refractivity contribution < 1.29 is 0 Å². The van der Waals surface area contributed by atoms with E-state index in [9.17, 15) is 0 Å². The molecule has 2 heterocycles. The van der Waals surface area contributed by atoms with Gasteiger partial charge in [-0.2, -0.15) is 3.71 Å². The van der Waals surface area contributed by atoms with E-state index in [1.807, 2.05) is 23.9 Å². The molecule has 0 aliphatic carbocycles. The number of rotatable bonds is 3. The van der Waals surface area contributed by atoms with Crippen molar-refractivity contribution in [2.75, 3.05) is 26.2 Å². The SMILES string of the molecule is c1ccc2c(c1)SN(CCN1CCCCC1)S2. The van der Waals surface area contributed by atoms with Gasteiger partial charge >= 0.3 is 0 Å². The molecule has 92 valence electrons. The third-order valence-electron chi connectivity index (χ3n) is 3.30. The molecule has 0 unspecified atom stereocenters. The zero-order valence-electron chi connectivity index (χ0n) is 9.97. The molecule has 0 saturated carbocycles. The van der Waals surface area contributed by atoms with Crippen molar-refractivity contribution >= 4 is 23.9 Å². The Balaban J connectivity index is 1.48. The molecule has 0 amide bonds. The van der Waals surface area contributed by atoms with Gasteiger partial charge in [0.15, 0.2) is 0 Å². The van der Waals surface area contributed by atoms with E-state index in [2.05, 4.69) is 32.9 Å². The van der Waals surface area contributed by atoms with Gasteiger partial charge in [-0.05, 0) is 62.0 Å². The van der Waals surface area contributed by atoms with Gasteiger partial charge in [-0.3, -0.25) is 0 Å². The average Bonchev–Trinajstić information content (AvgIpc) is 2.80. The molecule has 2 aliphatic heterocycles. The highest BCUT2D eigenvalue weighted by Crippen LogP contribution is 2.45. The Labute approximate surface area is 112 Å². The van der Waals surface area contributed by atoms with Gasteiger partial charge in [0, 0.05) is 22.9 Å². The number of likely N-dealkylation sites (tertiary alicyclic amines) is 1. The van der Waals surface area contributed by atoms with E-state index in [4.69, 9.17) is 0 Å². The fraction of sp³-hybridized carbons (Fsp3) is 0.538. The molecule has 0 aromatic heterocycles. The van der Waals surface area contributed by atoms with Gasteiger partial charge < -0.3 is 4.90 Å². The van der Waals surface area contributed by atoms with Crippen molar-refractivity contribution in [1.82, 2.24) is 8.61 Å². The second-order valence-electron chi connectivity index (χ2n) is 4.59. The molecule has 1 saturated heterocycles. The summed E-state index contributed by atoms with van der Waals surface area (Å²) in [4.78, 5) is 5.43. The van der Waals surface area contributed by atoms with Gasteiger partial charge in [-0.1, -0.05) is 18.6 Å². The molecule has 1 fully saturated rings. The number of fused-ring (bicyclic) bond motifs is 1. The molecule has 3 rings (SSSR count). The van der Waals surface area contributed by atoms with E-state index in [1.54, 1.807) is 0 Å². The highest BCUT2D eigenvalue weighted by atomic mass is 32.2. The van der Waals surface area contributed by atoms with Crippen molar-refractivity contribution in [2.45, 2.75) is 29.1 Å². The number of hydrogen-bond acceptors (Lipinski definition) is 4. The van der Waals surface area contributed by atoms with Gasteiger partial charge in [0.1, 0.15) is 0 Å². The second-order valence-corrected chi connectivity index (χ2v) is 6.95. The first-order valence-corrected chi connectivity index (χ1v) is 7.91. The summed E-state index contributed by atoms with van der Waals surface area (Å²) in [7, 11) is 0. The van der Waals surface area contributed by atoms with Crippen molar-refractivity contribution in [2.24, 2.45) is 0 Å². The number of benzene rings is 1. The molecule has 0 spiro atoms. The molecule has 0 N–H and O–H groups in total. The van der Waals surface area contributed by atoms with Crippen LogP contribution < -0.4 is 0 Å². The van der Waals surface area contributed by atoms with Gasteiger partial charge in [-0.15, -0.1) is 0 Å². The van der Waals surface area contributed by atoms with Crippen molar-refractivity contribution in [1.29, 1.82) is 0 Å². The lowest BCUT2D eigenvalue weighted by atomic mass is 10.1. The topological polar surface area (TPSA) is 6.48 Å². The maximum atomic E-state index is 2.60. The maximum Gasteiger partial charge on any atom is 0.0388 e. The van der Waals surface area contributed by atoms with Gasteiger partial charge in [0.2, 0.25) is 0 Å². The van der Waals surface area contributed by atoms with Crippen LogP contribution in [0.2, 0.25) is 0 Å². The zero-order valence-corrected chi connectivity index (χ0v) is 11.6. The number of hydrogen-bond donors (Lipinski definition) is 0. The van der Waals surface area contributed by atoms with Crippen LogP contribution in [0.3, 0.4) is 0 Å². The Morgan fingerprint density at radius 1 is 0.882 bits per heavy atom. The Morgan fingerprint density at radius 2 is 1.53 bits per heavy atom. The van der Waals surface area contributed by atoms with E-state index in [0.717, 1.165) is 6.54 Å². The molecule has 0 bridgehead atoms. The molecule has 17 heavy (non-hydrogen) atoms. The lowest BCUT2D eigenvalue weighted by molar-refractivity contribution is 0.227. The second kappa shape index (κ2) is 5.65. The summed E-state index contributed by atoms with van der Waals surface area (Å²) in [5.41, 5.74) is 0. The van der Waals surface area contributed by atoms with Gasteiger partial charge in [0.05, 0.1) is 0 Å². The van der Waals surface area contributed by atoms with Gasteiger partial charge in [-0.25, -0.2) is 0 Å². The molecule has 2 aliphatic rings. The first kappa shape index (κ1) is 11.9. The fourth-order valence-electron chi connectivity index (χ4n) is 2.34. The first-order valence-electron chi connectivity index (χ1n) is 6.37. The van der Waals surface area contributed by atoms with Crippen LogP contribution in [0.5, 0.6) is 0 Å². The average molecular weight is 266 g/mol. The third kappa shape index (κ3) is 2.99. The molecule has 0 radical (unpaired) electrons. The highest BCUT2D eigenvalue weighted by Gasteiger charge is 2.21. The molecule has 1 aromatic carbocycles. The lowest BCUT2D eigenvalue weighted by Gasteiger charge is -2.27. The summed E-state index contributed by atoms with van der Waals surface area (Å²) in [5.74, 6) is 0. The normalized spacial score (nSPS) is 21.6. The summed E-state index contributed by atoms with van der Waals surface area (Å²) in [6.07, 6.45) is 4.20. The summed E-state index contributed by atoms with van der Waals surface area (Å²) >= 11 is 3.79. The number of piperidine rings is 1. The quantitative estimate of drug-likeness (QED) is 0.772. The minimum atomic E-state index is 1.16. The predicted octanol–water partition coefficient (Wildman–Crippen LogP) is 3.50. The Morgan fingerprint density at radius 3 is 2.18 bits per heavy atom. The van der Waals surface area contributed by atoms with Crippen LogP contribution >= 0.6 is 23.9 Å². The molecule has 1 aromatic rings. The third-order valence-corrected chi connectivity index (χ3v) is 5.75. The van der Waals surface area contributed by atoms with E-state index in [-0.39, 0.29) is 0 Å².